The third kappa shape index (κ3) is 8.24. The molecule has 0 radical (unpaired) electrons. The van der Waals surface area contributed by atoms with E-state index >= 15 is 0 Å². The number of alkyl halides is 3. The number of hydrogen-bond donors (Lipinski definition) is 0. The maximum absolute atomic E-state index is 11.7. The van der Waals surface area contributed by atoms with Gasteiger partial charge in [0.1, 0.15) is 0 Å². The Bertz CT molecular complexity index is 111. The normalized spacial score (nSPS) is 14.8. The van der Waals surface area contributed by atoms with Gasteiger partial charge in [-0.3, -0.25) is 0 Å². The zero-order chi connectivity index (χ0) is 9.61. The number of rotatable bonds is 5. The Hall–Kier alpha value is 0.140. The second kappa shape index (κ2) is 5.73. The highest BCUT2D eigenvalue weighted by Crippen LogP contribution is 2.23. The molecular weight excluding hydrogens is 185 g/mol. The fourth-order valence-corrected chi connectivity index (χ4v) is 1.87. The molecule has 0 bridgehead atoms. The SMILES string of the molecule is CCCC(C)CSCC(F)(F)F. The zero-order valence-electron chi connectivity index (χ0n) is 7.45. The lowest BCUT2D eigenvalue weighted by molar-refractivity contribution is -0.105. The summed E-state index contributed by atoms with van der Waals surface area (Å²) in [5.41, 5.74) is 0. The molecule has 0 aromatic heterocycles. The molecule has 0 nitrogen and oxygen atoms in total. The summed E-state index contributed by atoms with van der Waals surface area (Å²) in [5.74, 6) is 0.316. The van der Waals surface area contributed by atoms with Crippen LogP contribution >= 0.6 is 11.8 Å². The minimum atomic E-state index is -4.00. The van der Waals surface area contributed by atoms with Crippen LogP contribution in [0, 0.1) is 5.92 Å². The molecule has 12 heavy (non-hydrogen) atoms. The Balaban J connectivity index is 3.31. The molecule has 1 atom stereocenters. The van der Waals surface area contributed by atoms with E-state index in [-0.39, 0.29) is 0 Å². The average Bonchev–Trinajstić information content (AvgIpc) is 1.84. The van der Waals surface area contributed by atoms with E-state index in [2.05, 4.69) is 0 Å². The molecule has 74 valence electrons. The summed E-state index contributed by atoms with van der Waals surface area (Å²) in [5, 5.41) is 0. The van der Waals surface area contributed by atoms with Gasteiger partial charge in [-0.25, -0.2) is 0 Å². The standard InChI is InChI=1S/C8H15F3S/c1-3-4-7(2)5-12-6-8(9,10)11/h7H,3-6H2,1-2H3. The van der Waals surface area contributed by atoms with Crippen LogP contribution in [0.4, 0.5) is 13.2 Å². The average molecular weight is 200 g/mol. The molecule has 0 saturated carbocycles. The first-order valence-corrected chi connectivity index (χ1v) is 5.25. The highest BCUT2D eigenvalue weighted by atomic mass is 32.2. The summed E-state index contributed by atoms with van der Waals surface area (Å²) < 4.78 is 35.0. The van der Waals surface area contributed by atoms with Gasteiger partial charge >= 0.3 is 6.18 Å². The van der Waals surface area contributed by atoms with E-state index in [0.717, 1.165) is 24.6 Å². The lowest BCUT2D eigenvalue weighted by atomic mass is 10.1. The largest absolute Gasteiger partial charge is 0.397 e. The first-order valence-electron chi connectivity index (χ1n) is 4.10. The van der Waals surface area contributed by atoms with Crippen molar-refractivity contribution in [2.75, 3.05) is 11.5 Å². The molecule has 4 heteroatoms. The van der Waals surface area contributed by atoms with Crippen molar-refractivity contribution in [2.45, 2.75) is 32.9 Å². The third-order valence-electron chi connectivity index (χ3n) is 1.45. The van der Waals surface area contributed by atoms with Crippen molar-refractivity contribution >= 4 is 11.8 Å². The summed E-state index contributed by atoms with van der Waals surface area (Å²) in [4.78, 5) is 0. The molecule has 0 aromatic rings. The van der Waals surface area contributed by atoms with Gasteiger partial charge in [0.25, 0.3) is 0 Å². The molecular formula is C8H15F3S. The molecule has 0 spiro atoms. The van der Waals surface area contributed by atoms with Crippen LogP contribution in [0.3, 0.4) is 0 Å². The number of hydrogen-bond acceptors (Lipinski definition) is 1. The summed E-state index contributed by atoms with van der Waals surface area (Å²) in [6, 6.07) is 0. The third-order valence-corrected chi connectivity index (χ3v) is 2.79. The first-order chi connectivity index (χ1) is 5.45. The molecule has 0 fully saturated rings. The van der Waals surface area contributed by atoms with Gasteiger partial charge in [0.05, 0.1) is 5.75 Å². The minimum absolute atomic E-state index is 0.405. The van der Waals surface area contributed by atoms with E-state index in [1.165, 1.54) is 0 Å². The van der Waals surface area contributed by atoms with Gasteiger partial charge in [-0.1, -0.05) is 26.7 Å². The van der Waals surface area contributed by atoms with E-state index in [4.69, 9.17) is 0 Å². The lowest BCUT2D eigenvalue weighted by Gasteiger charge is -2.10. The molecule has 0 saturated heterocycles. The van der Waals surface area contributed by atoms with Crippen LogP contribution < -0.4 is 0 Å². The van der Waals surface area contributed by atoms with E-state index in [1.54, 1.807) is 0 Å². The van der Waals surface area contributed by atoms with Crippen LogP contribution in [0.1, 0.15) is 26.7 Å². The number of thioether (sulfide) groups is 1. The van der Waals surface area contributed by atoms with Crippen LogP contribution in [0.2, 0.25) is 0 Å². The Kier molecular flexibility index (Phi) is 5.80. The Morgan fingerprint density at radius 2 is 1.92 bits per heavy atom. The van der Waals surface area contributed by atoms with E-state index in [9.17, 15) is 13.2 Å². The topological polar surface area (TPSA) is 0 Å². The second-order valence-electron chi connectivity index (χ2n) is 3.02. The molecule has 0 heterocycles. The number of halogens is 3. The van der Waals surface area contributed by atoms with Crippen LogP contribution in [-0.4, -0.2) is 17.7 Å². The smallest absolute Gasteiger partial charge is 0.170 e. The van der Waals surface area contributed by atoms with Gasteiger partial charge < -0.3 is 0 Å². The second-order valence-corrected chi connectivity index (χ2v) is 4.05. The summed E-state index contributed by atoms with van der Waals surface area (Å²) in [7, 11) is 0. The van der Waals surface area contributed by atoms with Crippen LogP contribution in [0.5, 0.6) is 0 Å². The Morgan fingerprint density at radius 1 is 1.33 bits per heavy atom. The molecule has 0 aliphatic rings. The van der Waals surface area contributed by atoms with Gasteiger partial charge in [0.15, 0.2) is 0 Å². The fraction of sp³-hybridized carbons (Fsp3) is 1.00. The quantitative estimate of drug-likeness (QED) is 0.651. The molecule has 0 amide bonds. The van der Waals surface area contributed by atoms with Crippen molar-refractivity contribution in [3.63, 3.8) is 0 Å². The molecule has 0 aliphatic heterocycles. The van der Waals surface area contributed by atoms with Crippen molar-refractivity contribution in [1.82, 2.24) is 0 Å². The maximum atomic E-state index is 11.7. The Morgan fingerprint density at radius 3 is 2.33 bits per heavy atom. The van der Waals surface area contributed by atoms with Gasteiger partial charge in [-0.2, -0.15) is 24.9 Å². The summed E-state index contributed by atoms with van der Waals surface area (Å²) in [6.45, 7) is 4.04. The van der Waals surface area contributed by atoms with E-state index in [0.29, 0.717) is 11.7 Å². The van der Waals surface area contributed by atoms with Crippen molar-refractivity contribution < 1.29 is 13.2 Å². The van der Waals surface area contributed by atoms with E-state index < -0.39 is 11.9 Å². The van der Waals surface area contributed by atoms with E-state index in [1.807, 2.05) is 13.8 Å². The minimum Gasteiger partial charge on any atom is -0.170 e. The predicted octanol–water partition coefficient (Wildman–Crippen LogP) is 3.72. The fourth-order valence-electron chi connectivity index (χ4n) is 0.952. The highest BCUT2D eigenvalue weighted by Gasteiger charge is 2.26. The van der Waals surface area contributed by atoms with Crippen molar-refractivity contribution in [2.24, 2.45) is 5.92 Å². The molecule has 0 N–H and O–H groups in total. The monoisotopic (exact) mass is 200 g/mol. The van der Waals surface area contributed by atoms with Gasteiger partial charge in [0, 0.05) is 0 Å². The summed E-state index contributed by atoms with van der Waals surface area (Å²) in [6.07, 6.45) is -1.94. The molecule has 0 aromatic carbocycles. The van der Waals surface area contributed by atoms with Crippen molar-refractivity contribution in [1.29, 1.82) is 0 Å². The van der Waals surface area contributed by atoms with Crippen molar-refractivity contribution in [3.8, 4) is 0 Å². The predicted molar refractivity (Wildman–Crippen MR) is 47.5 cm³/mol. The first kappa shape index (κ1) is 12.1. The van der Waals surface area contributed by atoms with Gasteiger partial charge in [0.2, 0.25) is 0 Å². The maximum Gasteiger partial charge on any atom is 0.397 e. The Labute approximate surface area is 75.9 Å². The van der Waals surface area contributed by atoms with Crippen LogP contribution in [0.15, 0.2) is 0 Å². The van der Waals surface area contributed by atoms with Gasteiger partial charge in [-0.05, 0) is 11.7 Å². The van der Waals surface area contributed by atoms with Crippen LogP contribution in [0.25, 0.3) is 0 Å². The highest BCUT2D eigenvalue weighted by molar-refractivity contribution is 7.99. The molecule has 1 unspecified atom stereocenters. The zero-order valence-corrected chi connectivity index (χ0v) is 8.26. The van der Waals surface area contributed by atoms with Crippen molar-refractivity contribution in [3.05, 3.63) is 0 Å². The molecule has 0 aliphatic carbocycles. The lowest BCUT2D eigenvalue weighted by Crippen LogP contribution is -2.12. The van der Waals surface area contributed by atoms with Crippen LogP contribution in [-0.2, 0) is 0 Å². The summed E-state index contributed by atoms with van der Waals surface area (Å²) >= 11 is 0.983. The van der Waals surface area contributed by atoms with Gasteiger partial charge in [-0.15, -0.1) is 0 Å². The molecule has 0 rings (SSSR count).